The van der Waals surface area contributed by atoms with Crippen molar-refractivity contribution in [2.24, 2.45) is 34.3 Å². The highest BCUT2D eigenvalue weighted by molar-refractivity contribution is 8.13. The van der Waals surface area contributed by atoms with Crippen molar-refractivity contribution in [3.8, 4) is 0 Å². The zero-order valence-electron chi connectivity index (χ0n) is 30.8. The maximum Gasteiger partial charge on any atom is 0.315 e. The molecule has 1 saturated heterocycles. The second kappa shape index (κ2) is 14.3. The highest BCUT2D eigenvalue weighted by atomic mass is 32.3. The van der Waals surface area contributed by atoms with Gasteiger partial charge in [-0.25, -0.2) is 9.10 Å². The molecule has 5 atom stereocenters. The maximum absolute atomic E-state index is 14.4. The number of carbonyl (C=O) groups excluding carboxylic acids is 5. The number of primary amides is 1. The first-order valence-electron chi connectivity index (χ1n) is 17.4. The van der Waals surface area contributed by atoms with E-state index in [9.17, 15) is 32.7 Å². The number of hydrogen-bond acceptors (Lipinski definition) is 6. The van der Waals surface area contributed by atoms with Crippen molar-refractivity contribution < 1.29 is 32.7 Å². The Morgan fingerprint density at radius 1 is 0.938 bits per heavy atom. The smallest absolute Gasteiger partial charge is 0.315 e. The molecule has 0 radical (unpaired) electrons. The van der Waals surface area contributed by atoms with Gasteiger partial charge in [-0.15, -0.1) is 9.53 Å². The largest absolute Gasteiger partial charge is 0.363 e. The van der Waals surface area contributed by atoms with Crippen LogP contribution in [0.5, 0.6) is 0 Å². The zero-order chi connectivity index (χ0) is 36.6. The molecule has 3 aliphatic rings. The SMILES string of the molecule is CC(C)[C@H]1CCN(C(=O)[C@@H](NC(=O)N[C@H](CN(C)S(C)(=O)(O)C2CC2)C(C)(C)C)C(C)(C)C)[C@@H]1C(=O)NC(CC1CCC1)C(=O)C(N)=O. The van der Waals surface area contributed by atoms with Crippen molar-refractivity contribution in [3.05, 3.63) is 0 Å². The summed E-state index contributed by atoms with van der Waals surface area (Å²) in [6.07, 6.45) is 6.47. The second-order valence-electron chi connectivity index (χ2n) is 17.1. The molecule has 2 saturated carbocycles. The number of rotatable bonds is 14. The van der Waals surface area contributed by atoms with Gasteiger partial charge in [-0.1, -0.05) is 74.7 Å². The van der Waals surface area contributed by atoms with Crippen molar-refractivity contribution in [2.45, 2.75) is 130 Å². The summed E-state index contributed by atoms with van der Waals surface area (Å²) in [4.78, 5) is 68.1. The molecular weight excluding hydrogens is 636 g/mol. The van der Waals surface area contributed by atoms with Gasteiger partial charge < -0.3 is 26.6 Å². The standard InChI is InChI=1S/C34H62N6O7S/c1-20(2)23-16-17-40(26(23)30(43)36-24(27(41)29(35)42)18-21-12-11-13-21)31(44)28(34(6,7)8)38-32(45)37-25(33(3,4)5)19-39(9)48(10,46,47)22-14-15-22/h20-26,28H,11-19H2,1-10H3,(H2,35,42)(H,36,43)(H,46,47)(H2,37,38,45)/t23-,24?,25-,26+,28-/m1/s1. The zero-order valence-corrected chi connectivity index (χ0v) is 31.6. The summed E-state index contributed by atoms with van der Waals surface area (Å²) in [7, 11) is -2.47. The lowest BCUT2D eigenvalue weighted by atomic mass is 9.80. The maximum atomic E-state index is 14.4. The summed E-state index contributed by atoms with van der Waals surface area (Å²) >= 11 is 0. The van der Waals surface area contributed by atoms with Gasteiger partial charge in [0.2, 0.25) is 17.6 Å². The van der Waals surface area contributed by atoms with Gasteiger partial charge in [0.25, 0.3) is 5.91 Å². The first-order chi connectivity index (χ1) is 21.8. The Hall–Kier alpha value is -2.58. The second-order valence-corrected chi connectivity index (χ2v) is 21.0. The van der Waals surface area contributed by atoms with E-state index in [1.54, 1.807) is 7.05 Å². The van der Waals surface area contributed by atoms with E-state index < -0.39 is 74.1 Å². The van der Waals surface area contributed by atoms with Crippen molar-refractivity contribution in [1.82, 2.24) is 25.2 Å². The number of nitrogens with one attached hydrogen (secondary N) is 3. The van der Waals surface area contributed by atoms with E-state index in [0.717, 1.165) is 19.3 Å². The lowest BCUT2D eigenvalue weighted by Crippen LogP contribution is -2.63. The van der Waals surface area contributed by atoms with E-state index in [2.05, 4.69) is 16.0 Å². The van der Waals surface area contributed by atoms with Crippen LogP contribution in [0.25, 0.3) is 0 Å². The van der Waals surface area contributed by atoms with E-state index in [1.165, 1.54) is 15.5 Å². The van der Waals surface area contributed by atoms with E-state index >= 15 is 0 Å². The van der Waals surface area contributed by atoms with Crippen LogP contribution in [0.15, 0.2) is 0 Å². The first kappa shape index (κ1) is 39.9. The molecule has 0 bridgehead atoms. The minimum Gasteiger partial charge on any atom is -0.363 e. The number of carbonyl (C=O) groups is 5. The summed E-state index contributed by atoms with van der Waals surface area (Å²) in [6, 6.07) is -4.14. The molecule has 0 aromatic rings. The summed E-state index contributed by atoms with van der Waals surface area (Å²) in [5.41, 5.74) is 4.09. The first-order valence-corrected chi connectivity index (χ1v) is 19.8. The predicted octanol–water partition coefficient (Wildman–Crippen LogP) is 2.65. The van der Waals surface area contributed by atoms with Crippen LogP contribution in [-0.2, 0) is 28.7 Å². The highest BCUT2D eigenvalue weighted by Gasteiger charge is 2.49. The Morgan fingerprint density at radius 3 is 1.96 bits per heavy atom. The average molecular weight is 699 g/mol. The normalized spacial score (nSPS) is 23.4. The number of ketones is 1. The number of Topliss-reactive ketones (excluding diaryl/α,β-unsaturated/α-hetero) is 1. The Morgan fingerprint density at radius 2 is 1.52 bits per heavy atom. The summed E-state index contributed by atoms with van der Waals surface area (Å²) in [5, 5.41) is 8.33. The van der Waals surface area contributed by atoms with Gasteiger partial charge in [-0.05, 0) is 54.3 Å². The lowest BCUT2D eigenvalue weighted by Gasteiger charge is -2.49. The van der Waals surface area contributed by atoms with E-state index in [-0.39, 0.29) is 36.1 Å². The van der Waals surface area contributed by atoms with Crippen molar-refractivity contribution in [3.63, 3.8) is 0 Å². The number of likely N-dealkylation sites (tertiary alicyclic amines) is 1. The number of hydrogen-bond donors (Lipinski definition) is 5. The number of nitrogens with two attached hydrogens (primary N) is 1. The molecule has 5 amide bonds. The van der Waals surface area contributed by atoms with Crippen molar-refractivity contribution in [2.75, 3.05) is 26.4 Å². The van der Waals surface area contributed by atoms with Crippen LogP contribution < -0.4 is 21.7 Å². The molecule has 6 N–H and O–H groups in total. The lowest BCUT2D eigenvalue weighted by molar-refractivity contribution is -0.144. The molecule has 276 valence electrons. The fourth-order valence-electron chi connectivity index (χ4n) is 6.80. The van der Waals surface area contributed by atoms with Crippen LogP contribution in [-0.4, -0.2) is 103 Å². The molecule has 3 rings (SSSR count). The third-order valence-corrected chi connectivity index (χ3v) is 14.4. The molecule has 1 aliphatic heterocycles. The number of urea groups is 1. The van der Waals surface area contributed by atoms with Crippen molar-refractivity contribution in [1.29, 1.82) is 0 Å². The minimum atomic E-state index is -4.07. The Bertz CT molecular complexity index is 1310. The predicted molar refractivity (Wildman–Crippen MR) is 187 cm³/mol. The number of nitrogens with zero attached hydrogens (tertiary/aromatic N) is 2. The molecule has 1 unspecified atom stereocenters. The summed E-state index contributed by atoms with van der Waals surface area (Å²) in [6.45, 7) is 15.6. The van der Waals surface area contributed by atoms with Gasteiger partial charge in [0, 0.05) is 32.4 Å². The van der Waals surface area contributed by atoms with E-state index in [4.69, 9.17) is 5.73 Å². The van der Waals surface area contributed by atoms with Crippen LogP contribution in [0.3, 0.4) is 0 Å². The quantitative estimate of drug-likeness (QED) is 0.172. The summed E-state index contributed by atoms with van der Waals surface area (Å²) < 4.78 is 26.1. The molecule has 0 aromatic heterocycles. The molecule has 48 heavy (non-hydrogen) atoms. The highest BCUT2D eigenvalue weighted by Crippen LogP contribution is 2.43. The van der Waals surface area contributed by atoms with Crippen LogP contribution in [0.4, 0.5) is 4.79 Å². The molecule has 2 aliphatic carbocycles. The summed E-state index contributed by atoms with van der Waals surface area (Å²) in [5.74, 6) is -2.85. The monoisotopic (exact) mass is 698 g/mol. The number of amides is 5. The van der Waals surface area contributed by atoms with E-state index in [0.29, 0.717) is 25.7 Å². The topological polar surface area (TPSA) is 191 Å². The van der Waals surface area contributed by atoms with Gasteiger partial charge in [0.05, 0.1) is 11.3 Å². The van der Waals surface area contributed by atoms with Crippen LogP contribution >= 0.6 is 0 Å². The van der Waals surface area contributed by atoms with Gasteiger partial charge in [0.1, 0.15) is 12.1 Å². The van der Waals surface area contributed by atoms with Gasteiger partial charge in [0.15, 0.2) is 0 Å². The van der Waals surface area contributed by atoms with Crippen LogP contribution in [0, 0.1) is 28.6 Å². The van der Waals surface area contributed by atoms with E-state index in [1.807, 2.05) is 55.4 Å². The average Bonchev–Trinajstić information content (AvgIpc) is 3.70. The third kappa shape index (κ3) is 9.35. The molecule has 0 aromatic carbocycles. The Labute approximate surface area is 287 Å². The minimum absolute atomic E-state index is 0.0317. The van der Waals surface area contributed by atoms with Crippen LogP contribution in [0.2, 0.25) is 0 Å². The molecule has 1 heterocycles. The van der Waals surface area contributed by atoms with Gasteiger partial charge in [-0.3, -0.25) is 23.7 Å². The number of likely N-dealkylation sites (N-methyl/N-ethyl adjacent to an activating group) is 1. The van der Waals surface area contributed by atoms with Gasteiger partial charge >= 0.3 is 6.03 Å². The Kier molecular flexibility index (Phi) is 11.9. The third-order valence-electron chi connectivity index (χ3n) is 10.8. The molecule has 14 heteroatoms. The molecule has 13 nitrogen and oxygen atoms in total. The van der Waals surface area contributed by atoms with Gasteiger partial charge in [-0.2, -0.15) is 4.21 Å². The molecular formula is C34H62N6O7S. The van der Waals surface area contributed by atoms with Crippen molar-refractivity contribution >= 4 is 39.1 Å². The van der Waals surface area contributed by atoms with Crippen LogP contribution in [0.1, 0.15) is 100 Å². The Balaban J connectivity index is 1.83. The molecule has 3 fully saturated rings. The fourth-order valence-corrected chi connectivity index (χ4v) is 9.05. The molecule has 0 spiro atoms. The fraction of sp³-hybridized carbons (Fsp3) is 0.853.